The second-order valence-corrected chi connectivity index (χ2v) is 8.46. The van der Waals surface area contributed by atoms with Gasteiger partial charge in [0.25, 0.3) is 11.8 Å². The molecule has 1 fully saturated rings. The van der Waals surface area contributed by atoms with E-state index in [-0.39, 0.29) is 17.4 Å². The Morgan fingerprint density at radius 1 is 1.41 bits per heavy atom. The number of rotatable bonds is 4. The van der Waals surface area contributed by atoms with Crippen LogP contribution >= 0.6 is 0 Å². The maximum atomic E-state index is 12.7. The van der Waals surface area contributed by atoms with E-state index >= 15 is 0 Å². The highest BCUT2D eigenvalue weighted by Gasteiger charge is 2.26. The van der Waals surface area contributed by atoms with Crippen LogP contribution in [0.1, 0.15) is 43.0 Å². The van der Waals surface area contributed by atoms with E-state index in [1.165, 1.54) is 0 Å². The quantitative estimate of drug-likeness (QED) is 0.890. The van der Waals surface area contributed by atoms with Gasteiger partial charge in [-0.1, -0.05) is 32.0 Å². The van der Waals surface area contributed by atoms with Gasteiger partial charge in [0.05, 0.1) is 6.04 Å². The highest BCUT2D eigenvalue weighted by molar-refractivity contribution is 5.95. The molecule has 0 bridgehead atoms. The smallest absolute Gasteiger partial charge is 0.258 e. The van der Waals surface area contributed by atoms with Crippen LogP contribution in [0.15, 0.2) is 28.8 Å². The summed E-state index contributed by atoms with van der Waals surface area (Å²) in [4.78, 5) is 21.3. The Hall–Kier alpha value is -2.25. The van der Waals surface area contributed by atoms with Crippen LogP contribution in [0.4, 0.5) is 0 Å². The third kappa shape index (κ3) is 4.73. The lowest BCUT2D eigenvalue weighted by Crippen LogP contribution is -2.44. The van der Waals surface area contributed by atoms with Crippen molar-refractivity contribution in [1.82, 2.24) is 25.3 Å². The molecule has 0 radical (unpaired) electrons. The van der Waals surface area contributed by atoms with Gasteiger partial charge in [0, 0.05) is 44.4 Å². The molecule has 1 N–H and O–H groups in total. The zero-order valence-corrected chi connectivity index (χ0v) is 16.8. The first kappa shape index (κ1) is 19.5. The van der Waals surface area contributed by atoms with E-state index in [2.05, 4.69) is 48.2 Å². The molecule has 1 unspecified atom stereocenters. The molecule has 1 aromatic heterocycles. The normalized spacial score (nSPS) is 18.5. The van der Waals surface area contributed by atoms with Crippen molar-refractivity contribution in [2.45, 2.75) is 26.8 Å². The molecule has 27 heavy (non-hydrogen) atoms. The van der Waals surface area contributed by atoms with Gasteiger partial charge < -0.3 is 14.7 Å². The minimum absolute atomic E-state index is 0.0114. The largest absolute Gasteiger partial charge is 0.341 e. The zero-order valence-electron chi connectivity index (χ0n) is 16.8. The fourth-order valence-corrected chi connectivity index (χ4v) is 3.37. The molecular formula is C20H29N5O2. The first-order valence-electron chi connectivity index (χ1n) is 9.35. The number of benzene rings is 1. The summed E-state index contributed by atoms with van der Waals surface area (Å²) in [5.41, 5.74) is 1.43. The van der Waals surface area contributed by atoms with Crippen LogP contribution < -0.4 is 5.32 Å². The van der Waals surface area contributed by atoms with Gasteiger partial charge in [-0.3, -0.25) is 9.69 Å². The Balaban J connectivity index is 1.79. The van der Waals surface area contributed by atoms with E-state index < -0.39 is 0 Å². The predicted molar refractivity (Wildman–Crippen MR) is 104 cm³/mol. The fraction of sp³-hybridized carbons (Fsp3) is 0.550. The third-order valence-corrected chi connectivity index (χ3v) is 4.67. The number of carbonyl (C=O) groups excluding carboxylic acids is 1. The SMILES string of the molecule is CN(CC(C)(C)C)C(=O)c1cccc(-c2nc(C3CNCCN3C)no2)c1. The Morgan fingerprint density at radius 3 is 2.89 bits per heavy atom. The van der Waals surface area contributed by atoms with Crippen molar-refractivity contribution in [1.29, 1.82) is 0 Å². The maximum Gasteiger partial charge on any atom is 0.258 e. The van der Waals surface area contributed by atoms with Crippen molar-refractivity contribution in [2.75, 3.05) is 40.3 Å². The second-order valence-electron chi connectivity index (χ2n) is 8.46. The van der Waals surface area contributed by atoms with Crippen LogP contribution in [0.5, 0.6) is 0 Å². The van der Waals surface area contributed by atoms with E-state index in [4.69, 9.17) is 4.52 Å². The molecule has 1 aromatic carbocycles. The summed E-state index contributed by atoms with van der Waals surface area (Å²) < 4.78 is 5.49. The molecule has 146 valence electrons. The average Bonchev–Trinajstić information content (AvgIpc) is 3.10. The Labute approximate surface area is 160 Å². The molecule has 0 aliphatic carbocycles. The van der Waals surface area contributed by atoms with Gasteiger partial charge in [0.2, 0.25) is 0 Å². The van der Waals surface area contributed by atoms with Gasteiger partial charge in [-0.2, -0.15) is 4.98 Å². The predicted octanol–water partition coefficient (Wildman–Crippen LogP) is 2.43. The Kier molecular flexibility index (Phi) is 5.62. The molecular weight excluding hydrogens is 342 g/mol. The van der Waals surface area contributed by atoms with Crippen LogP contribution in [-0.2, 0) is 0 Å². The average molecular weight is 371 g/mol. The molecule has 1 aliphatic heterocycles. The number of aromatic nitrogens is 2. The Bertz CT molecular complexity index is 796. The van der Waals surface area contributed by atoms with Crippen molar-refractivity contribution < 1.29 is 9.32 Å². The standard InChI is InChI=1S/C20H29N5O2/c1-20(2,3)13-25(5)19(26)15-8-6-7-14(11-15)18-22-17(23-27-18)16-12-21-9-10-24(16)4/h6-8,11,16,21H,9-10,12-13H2,1-5H3. The summed E-state index contributed by atoms with van der Waals surface area (Å²) in [6, 6.07) is 7.48. The molecule has 3 rings (SSSR count). The van der Waals surface area contributed by atoms with Crippen LogP contribution in [0.3, 0.4) is 0 Å². The number of carbonyl (C=O) groups is 1. The number of amides is 1. The third-order valence-electron chi connectivity index (χ3n) is 4.67. The van der Waals surface area contributed by atoms with Crippen molar-refractivity contribution in [2.24, 2.45) is 5.41 Å². The molecule has 0 spiro atoms. The zero-order chi connectivity index (χ0) is 19.6. The summed E-state index contributed by atoms with van der Waals surface area (Å²) in [5.74, 6) is 1.10. The molecule has 2 heterocycles. The molecule has 2 aromatic rings. The fourth-order valence-electron chi connectivity index (χ4n) is 3.37. The molecule has 1 atom stereocenters. The van der Waals surface area contributed by atoms with E-state index in [9.17, 15) is 4.79 Å². The first-order valence-corrected chi connectivity index (χ1v) is 9.35. The number of nitrogens with zero attached hydrogens (tertiary/aromatic N) is 4. The summed E-state index contributed by atoms with van der Waals surface area (Å²) >= 11 is 0. The number of piperazine rings is 1. The van der Waals surface area contributed by atoms with Gasteiger partial charge in [-0.05, 0) is 30.7 Å². The molecule has 7 nitrogen and oxygen atoms in total. The number of likely N-dealkylation sites (N-methyl/N-ethyl adjacent to an activating group) is 1. The van der Waals surface area contributed by atoms with Crippen molar-refractivity contribution >= 4 is 5.91 Å². The number of hydrogen-bond donors (Lipinski definition) is 1. The van der Waals surface area contributed by atoms with Crippen molar-refractivity contribution in [3.8, 4) is 11.5 Å². The van der Waals surface area contributed by atoms with Crippen molar-refractivity contribution in [3.05, 3.63) is 35.7 Å². The minimum Gasteiger partial charge on any atom is -0.341 e. The van der Waals surface area contributed by atoms with Gasteiger partial charge in [0.15, 0.2) is 5.82 Å². The topological polar surface area (TPSA) is 74.5 Å². The second kappa shape index (κ2) is 7.78. The van der Waals surface area contributed by atoms with Gasteiger partial charge in [0.1, 0.15) is 0 Å². The van der Waals surface area contributed by atoms with Gasteiger partial charge in [-0.15, -0.1) is 0 Å². The highest BCUT2D eigenvalue weighted by atomic mass is 16.5. The molecule has 7 heteroatoms. The summed E-state index contributed by atoms with van der Waals surface area (Å²) in [5, 5.41) is 7.52. The monoisotopic (exact) mass is 371 g/mol. The van der Waals surface area contributed by atoms with E-state index in [1.807, 2.05) is 31.3 Å². The minimum atomic E-state index is -0.0114. The lowest BCUT2D eigenvalue weighted by molar-refractivity contribution is 0.0745. The lowest BCUT2D eigenvalue weighted by atomic mass is 9.96. The lowest BCUT2D eigenvalue weighted by Gasteiger charge is -2.30. The number of hydrogen-bond acceptors (Lipinski definition) is 6. The Morgan fingerprint density at radius 2 is 2.19 bits per heavy atom. The van der Waals surface area contributed by atoms with E-state index in [0.29, 0.717) is 23.8 Å². The molecule has 1 aliphatic rings. The van der Waals surface area contributed by atoms with Crippen LogP contribution in [0.25, 0.3) is 11.5 Å². The van der Waals surface area contributed by atoms with Crippen LogP contribution in [0, 0.1) is 5.41 Å². The van der Waals surface area contributed by atoms with Gasteiger partial charge in [-0.25, -0.2) is 0 Å². The number of nitrogens with one attached hydrogen (secondary N) is 1. The van der Waals surface area contributed by atoms with Crippen LogP contribution in [0.2, 0.25) is 0 Å². The van der Waals surface area contributed by atoms with E-state index in [0.717, 1.165) is 25.2 Å². The molecule has 1 saturated heterocycles. The summed E-state index contributed by atoms with van der Waals surface area (Å²) in [7, 11) is 3.89. The van der Waals surface area contributed by atoms with Crippen LogP contribution in [-0.4, -0.2) is 66.1 Å². The van der Waals surface area contributed by atoms with Gasteiger partial charge >= 0.3 is 0 Å². The first-order chi connectivity index (χ1) is 12.7. The molecule has 1 amide bonds. The summed E-state index contributed by atoms with van der Waals surface area (Å²) in [6.45, 7) is 9.73. The van der Waals surface area contributed by atoms with E-state index in [1.54, 1.807) is 4.90 Å². The molecule has 0 saturated carbocycles. The summed E-state index contributed by atoms with van der Waals surface area (Å²) in [6.07, 6.45) is 0. The highest BCUT2D eigenvalue weighted by Crippen LogP contribution is 2.24. The maximum absolute atomic E-state index is 12.7. The van der Waals surface area contributed by atoms with Crippen molar-refractivity contribution in [3.63, 3.8) is 0 Å².